The number of rotatable bonds is 8. The SMILES string of the molecule is CCS(=O)(=O)C(NC1CC(C)(C)Oc2ccc(F)cc21)C(=O)NCCc1ccccc1. The zero-order chi connectivity index (χ0) is 22.6. The predicted molar refractivity (Wildman–Crippen MR) is 118 cm³/mol. The Hall–Kier alpha value is -2.45. The largest absolute Gasteiger partial charge is 0.487 e. The van der Waals surface area contributed by atoms with Crippen LogP contribution in [0, 0.1) is 5.82 Å². The molecule has 1 aliphatic rings. The number of ether oxygens (including phenoxy) is 1. The molecule has 31 heavy (non-hydrogen) atoms. The molecule has 2 aromatic carbocycles. The van der Waals surface area contributed by atoms with Crippen molar-refractivity contribution in [3.05, 3.63) is 65.5 Å². The molecule has 3 rings (SSSR count). The number of halogens is 1. The second kappa shape index (κ2) is 9.36. The first-order valence-electron chi connectivity index (χ1n) is 10.4. The Balaban J connectivity index is 1.80. The molecule has 1 heterocycles. The molecule has 0 saturated heterocycles. The molecule has 0 aliphatic carbocycles. The topological polar surface area (TPSA) is 84.5 Å². The van der Waals surface area contributed by atoms with Gasteiger partial charge in [-0.1, -0.05) is 37.3 Å². The highest BCUT2D eigenvalue weighted by molar-refractivity contribution is 7.92. The maximum absolute atomic E-state index is 13.9. The quantitative estimate of drug-likeness (QED) is 0.648. The molecule has 2 unspecified atom stereocenters. The lowest BCUT2D eigenvalue weighted by atomic mass is 9.89. The van der Waals surface area contributed by atoms with Crippen LogP contribution < -0.4 is 15.4 Å². The highest BCUT2D eigenvalue weighted by Crippen LogP contribution is 2.40. The molecule has 0 spiro atoms. The van der Waals surface area contributed by atoms with Crippen molar-refractivity contribution in [3.8, 4) is 5.75 Å². The molecule has 2 N–H and O–H groups in total. The number of hydrogen-bond acceptors (Lipinski definition) is 5. The van der Waals surface area contributed by atoms with Crippen LogP contribution in [-0.4, -0.2) is 37.6 Å². The molecule has 2 aromatic rings. The first kappa shape index (κ1) is 23.2. The summed E-state index contributed by atoms with van der Waals surface area (Å²) in [6, 6.07) is 13.2. The number of nitrogens with one attached hydrogen (secondary N) is 2. The lowest BCUT2D eigenvalue weighted by molar-refractivity contribution is -0.121. The van der Waals surface area contributed by atoms with E-state index in [1.807, 2.05) is 44.2 Å². The summed E-state index contributed by atoms with van der Waals surface area (Å²) in [6.45, 7) is 5.56. The van der Waals surface area contributed by atoms with Gasteiger partial charge in [-0.25, -0.2) is 12.8 Å². The Bertz CT molecular complexity index is 1030. The third-order valence-electron chi connectivity index (χ3n) is 5.34. The molecule has 6 nitrogen and oxygen atoms in total. The molecular formula is C23H29FN2O4S. The standard InChI is InChI=1S/C23H29FN2O4S/c1-4-31(28,29)22(21(27)25-13-12-16-8-6-5-7-9-16)26-19-15-23(2,3)30-20-11-10-17(24)14-18(19)20/h5-11,14,19,22,26H,4,12-13,15H2,1-3H3,(H,25,27). The van der Waals surface area contributed by atoms with Crippen LogP contribution in [-0.2, 0) is 21.1 Å². The zero-order valence-corrected chi connectivity index (χ0v) is 18.8. The fraction of sp³-hybridized carbons (Fsp3) is 0.435. The van der Waals surface area contributed by atoms with Crippen LogP contribution in [0.4, 0.5) is 4.39 Å². The second-order valence-corrected chi connectivity index (χ2v) is 10.7. The molecule has 1 amide bonds. The van der Waals surface area contributed by atoms with E-state index in [0.717, 1.165) is 5.56 Å². The van der Waals surface area contributed by atoms with Crippen molar-refractivity contribution in [2.24, 2.45) is 0 Å². The van der Waals surface area contributed by atoms with Gasteiger partial charge in [-0.3, -0.25) is 10.1 Å². The van der Waals surface area contributed by atoms with Gasteiger partial charge in [0.25, 0.3) is 5.91 Å². The summed E-state index contributed by atoms with van der Waals surface area (Å²) < 4.78 is 45.3. The van der Waals surface area contributed by atoms with Gasteiger partial charge < -0.3 is 10.1 Å². The molecule has 0 saturated carbocycles. The number of carbonyl (C=O) groups is 1. The number of benzene rings is 2. The molecule has 168 valence electrons. The third-order valence-corrected chi connectivity index (χ3v) is 7.21. The summed E-state index contributed by atoms with van der Waals surface area (Å²) in [4.78, 5) is 12.9. The zero-order valence-electron chi connectivity index (χ0n) is 18.0. The van der Waals surface area contributed by atoms with Gasteiger partial charge in [-0.15, -0.1) is 0 Å². The molecule has 8 heteroatoms. The van der Waals surface area contributed by atoms with Gasteiger partial charge in [0.05, 0.1) is 0 Å². The van der Waals surface area contributed by atoms with Gasteiger partial charge in [0, 0.05) is 30.3 Å². The maximum atomic E-state index is 13.9. The highest BCUT2D eigenvalue weighted by atomic mass is 32.2. The van der Waals surface area contributed by atoms with E-state index in [-0.39, 0.29) is 5.75 Å². The summed E-state index contributed by atoms with van der Waals surface area (Å²) in [5.74, 6) is -0.775. The normalized spacial score (nSPS) is 18.5. The lowest BCUT2D eigenvalue weighted by Crippen LogP contribution is -2.53. The van der Waals surface area contributed by atoms with E-state index in [1.165, 1.54) is 25.1 Å². The number of amides is 1. The first-order chi connectivity index (χ1) is 14.6. The Morgan fingerprint density at radius 1 is 1.23 bits per heavy atom. The Morgan fingerprint density at radius 3 is 2.61 bits per heavy atom. The fourth-order valence-corrected chi connectivity index (χ4v) is 4.85. The average Bonchev–Trinajstić information content (AvgIpc) is 2.72. The van der Waals surface area contributed by atoms with E-state index < -0.39 is 38.6 Å². The minimum atomic E-state index is -3.76. The van der Waals surface area contributed by atoms with Gasteiger partial charge in [0.2, 0.25) is 0 Å². The molecule has 0 fully saturated rings. The molecular weight excluding hydrogens is 419 g/mol. The molecule has 1 aliphatic heterocycles. The summed E-state index contributed by atoms with van der Waals surface area (Å²) in [5, 5.41) is 4.28. The fourth-order valence-electron chi connectivity index (χ4n) is 3.73. The Kier molecular flexibility index (Phi) is 7.01. The number of sulfone groups is 1. The van der Waals surface area contributed by atoms with Crippen LogP contribution in [0.2, 0.25) is 0 Å². The first-order valence-corrected chi connectivity index (χ1v) is 12.1. The monoisotopic (exact) mass is 448 g/mol. The van der Waals surface area contributed by atoms with E-state index in [9.17, 15) is 17.6 Å². The van der Waals surface area contributed by atoms with Crippen LogP contribution in [0.3, 0.4) is 0 Å². The smallest absolute Gasteiger partial charge is 0.252 e. The summed E-state index contributed by atoms with van der Waals surface area (Å²) >= 11 is 0. The Labute approximate surface area is 183 Å². The number of hydrogen-bond donors (Lipinski definition) is 2. The van der Waals surface area contributed by atoms with Crippen LogP contribution in [0.1, 0.15) is 44.4 Å². The minimum Gasteiger partial charge on any atom is -0.487 e. The van der Waals surface area contributed by atoms with Crippen LogP contribution in [0.5, 0.6) is 5.75 Å². The Morgan fingerprint density at radius 2 is 1.94 bits per heavy atom. The van der Waals surface area contributed by atoms with Crippen molar-refractivity contribution in [1.82, 2.24) is 10.6 Å². The van der Waals surface area contributed by atoms with Crippen molar-refractivity contribution < 1.29 is 22.3 Å². The summed E-state index contributed by atoms with van der Waals surface area (Å²) in [7, 11) is -3.76. The minimum absolute atomic E-state index is 0.195. The maximum Gasteiger partial charge on any atom is 0.252 e. The van der Waals surface area contributed by atoms with Gasteiger partial charge in [-0.2, -0.15) is 0 Å². The van der Waals surface area contributed by atoms with E-state index in [0.29, 0.717) is 30.7 Å². The van der Waals surface area contributed by atoms with Gasteiger partial charge in [0.15, 0.2) is 15.2 Å². The lowest BCUT2D eigenvalue weighted by Gasteiger charge is -2.39. The van der Waals surface area contributed by atoms with E-state index in [4.69, 9.17) is 4.74 Å². The van der Waals surface area contributed by atoms with Crippen LogP contribution in [0.25, 0.3) is 0 Å². The average molecular weight is 449 g/mol. The molecule has 0 aromatic heterocycles. The van der Waals surface area contributed by atoms with Crippen molar-refractivity contribution >= 4 is 15.7 Å². The third kappa shape index (κ3) is 5.83. The molecule has 0 bridgehead atoms. The van der Waals surface area contributed by atoms with Gasteiger partial charge in [-0.05, 0) is 44.0 Å². The number of carbonyl (C=O) groups excluding carboxylic acids is 1. The van der Waals surface area contributed by atoms with Gasteiger partial charge >= 0.3 is 0 Å². The van der Waals surface area contributed by atoms with E-state index in [2.05, 4.69) is 10.6 Å². The van der Waals surface area contributed by atoms with Crippen molar-refractivity contribution in [2.75, 3.05) is 12.3 Å². The van der Waals surface area contributed by atoms with Crippen molar-refractivity contribution in [3.63, 3.8) is 0 Å². The predicted octanol–water partition coefficient (Wildman–Crippen LogP) is 3.14. The van der Waals surface area contributed by atoms with Gasteiger partial charge in [0.1, 0.15) is 17.2 Å². The van der Waals surface area contributed by atoms with Crippen LogP contribution in [0.15, 0.2) is 48.5 Å². The van der Waals surface area contributed by atoms with Crippen molar-refractivity contribution in [2.45, 2.75) is 50.6 Å². The molecule has 2 atom stereocenters. The summed E-state index contributed by atoms with van der Waals surface area (Å²) in [5.41, 5.74) is 0.946. The van der Waals surface area contributed by atoms with E-state index >= 15 is 0 Å². The van der Waals surface area contributed by atoms with E-state index in [1.54, 1.807) is 0 Å². The highest BCUT2D eigenvalue weighted by Gasteiger charge is 2.39. The van der Waals surface area contributed by atoms with Crippen LogP contribution >= 0.6 is 0 Å². The molecule has 0 radical (unpaired) electrons. The van der Waals surface area contributed by atoms with Crippen molar-refractivity contribution in [1.29, 1.82) is 0 Å². The number of fused-ring (bicyclic) bond motifs is 1. The summed E-state index contributed by atoms with van der Waals surface area (Å²) in [6.07, 6.45) is 0.973. The second-order valence-electron chi connectivity index (χ2n) is 8.33.